The fourth-order valence-electron chi connectivity index (χ4n) is 2.73. The average molecular weight is 400 g/mol. The van der Waals surface area contributed by atoms with Crippen LogP contribution in [0.4, 0.5) is 10.5 Å². The highest BCUT2D eigenvalue weighted by atomic mass is 32.2. The van der Waals surface area contributed by atoms with E-state index in [1.165, 1.54) is 0 Å². The second-order valence-electron chi connectivity index (χ2n) is 7.50. The molecule has 0 aliphatic heterocycles. The molecule has 1 amide bonds. The van der Waals surface area contributed by atoms with Crippen LogP contribution < -0.4 is 19.5 Å². The molecule has 0 atom stereocenters. The van der Waals surface area contributed by atoms with Crippen molar-refractivity contribution in [3.63, 3.8) is 0 Å². The number of amides is 1. The first-order chi connectivity index (χ1) is 12.6. The van der Waals surface area contributed by atoms with Gasteiger partial charge in [-0.3, -0.25) is 5.32 Å². The second kappa shape index (κ2) is 9.38. The van der Waals surface area contributed by atoms with E-state index < -0.39 is 21.9 Å². The highest BCUT2D eigenvalue weighted by molar-refractivity contribution is 7.87. The van der Waals surface area contributed by atoms with Gasteiger partial charge in [-0.05, 0) is 45.7 Å². The van der Waals surface area contributed by atoms with Crippen molar-refractivity contribution in [3.05, 3.63) is 24.3 Å². The lowest BCUT2D eigenvalue weighted by Crippen LogP contribution is -2.42. The number of ether oxygens (including phenoxy) is 2. The van der Waals surface area contributed by atoms with Gasteiger partial charge < -0.3 is 9.47 Å². The van der Waals surface area contributed by atoms with Crippen molar-refractivity contribution in [3.8, 4) is 5.75 Å². The van der Waals surface area contributed by atoms with Gasteiger partial charge in [-0.2, -0.15) is 17.9 Å². The Morgan fingerprint density at radius 3 is 2.59 bits per heavy atom. The molecule has 1 aliphatic rings. The van der Waals surface area contributed by atoms with Gasteiger partial charge in [0.15, 0.2) is 0 Å². The minimum atomic E-state index is -3.51. The minimum absolute atomic E-state index is 0.0269. The third kappa shape index (κ3) is 8.59. The van der Waals surface area contributed by atoms with Gasteiger partial charge in [0.1, 0.15) is 18.0 Å². The maximum Gasteiger partial charge on any atom is 0.412 e. The van der Waals surface area contributed by atoms with Gasteiger partial charge in [0.05, 0.1) is 0 Å². The van der Waals surface area contributed by atoms with E-state index in [1.807, 2.05) is 0 Å². The van der Waals surface area contributed by atoms with E-state index >= 15 is 0 Å². The Bertz CT molecular complexity index is 725. The van der Waals surface area contributed by atoms with Gasteiger partial charge in [-0.1, -0.05) is 18.9 Å². The van der Waals surface area contributed by atoms with Gasteiger partial charge in [0.2, 0.25) is 0 Å². The predicted molar refractivity (Wildman–Crippen MR) is 104 cm³/mol. The normalized spacial score (nSPS) is 15.5. The van der Waals surface area contributed by atoms with E-state index in [2.05, 4.69) is 14.8 Å². The summed E-state index contributed by atoms with van der Waals surface area (Å²) in [5.41, 5.74) is -0.0488. The van der Waals surface area contributed by atoms with Crippen LogP contribution in [-0.2, 0) is 14.9 Å². The molecule has 0 heterocycles. The molecule has 1 aromatic carbocycles. The molecule has 8 nitrogen and oxygen atoms in total. The Labute approximate surface area is 161 Å². The van der Waals surface area contributed by atoms with Crippen LogP contribution >= 0.6 is 0 Å². The number of hydrogen-bond acceptors (Lipinski definition) is 5. The molecule has 0 bridgehead atoms. The van der Waals surface area contributed by atoms with E-state index in [1.54, 1.807) is 45.0 Å². The number of anilines is 1. The molecule has 3 N–H and O–H groups in total. The van der Waals surface area contributed by atoms with Crippen LogP contribution in [0, 0.1) is 0 Å². The van der Waals surface area contributed by atoms with Crippen LogP contribution in [0.15, 0.2) is 24.3 Å². The first-order valence-electron chi connectivity index (χ1n) is 9.13. The van der Waals surface area contributed by atoms with Crippen molar-refractivity contribution in [2.75, 3.05) is 18.5 Å². The lowest BCUT2D eigenvalue weighted by molar-refractivity contribution is 0.0636. The molecule has 1 saturated carbocycles. The van der Waals surface area contributed by atoms with Crippen LogP contribution in [-0.4, -0.2) is 39.3 Å². The molecule has 2 rings (SSSR count). The summed E-state index contributed by atoms with van der Waals surface area (Å²) in [6.45, 7) is 5.67. The van der Waals surface area contributed by atoms with Gasteiger partial charge in [-0.25, -0.2) is 4.79 Å². The molecule has 27 heavy (non-hydrogen) atoms. The Morgan fingerprint density at radius 2 is 1.93 bits per heavy atom. The van der Waals surface area contributed by atoms with Crippen molar-refractivity contribution in [2.45, 2.75) is 58.1 Å². The third-order valence-corrected chi connectivity index (χ3v) is 5.05. The number of carbonyl (C=O) groups excluding carboxylic acids is 1. The SMILES string of the molecule is CC(C)(C)OC(=O)Nc1cccc(OCCNS(=O)(=O)NC2CCCC2)c1. The van der Waals surface area contributed by atoms with Gasteiger partial charge >= 0.3 is 6.09 Å². The number of rotatable bonds is 8. The first kappa shape index (κ1) is 21.5. The van der Waals surface area contributed by atoms with E-state index in [0.29, 0.717) is 11.4 Å². The van der Waals surface area contributed by atoms with Gasteiger partial charge in [-0.15, -0.1) is 0 Å². The van der Waals surface area contributed by atoms with Crippen molar-refractivity contribution < 1.29 is 22.7 Å². The maximum absolute atomic E-state index is 11.9. The first-order valence-corrected chi connectivity index (χ1v) is 10.6. The molecular formula is C18H29N3O5S. The molecule has 0 unspecified atom stereocenters. The number of carbonyl (C=O) groups is 1. The molecule has 0 radical (unpaired) electrons. The summed E-state index contributed by atoms with van der Waals surface area (Å²) >= 11 is 0. The Morgan fingerprint density at radius 1 is 1.22 bits per heavy atom. The molecular weight excluding hydrogens is 370 g/mol. The molecule has 1 aromatic rings. The fraction of sp³-hybridized carbons (Fsp3) is 0.611. The zero-order valence-corrected chi connectivity index (χ0v) is 16.9. The number of nitrogens with one attached hydrogen (secondary N) is 3. The summed E-state index contributed by atoms with van der Waals surface area (Å²) in [6, 6.07) is 6.85. The quantitative estimate of drug-likeness (QED) is 0.583. The summed E-state index contributed by atoms with van der Waals surface area (Å²) in [6.07, 6.45) is 3.34. The summed E-state index contributed by atoms with van der Waals surface area (Å²) in [5.74, 6) is 0.520. The summed E-state index contributed by atoms with van der Waals surface area (Å²) in [7, 11) is -3.51. The lowest BCUT2D eigenvalue weighted by atomic mass is 10.2. The largest absolute Gasteiger partial charge is 0.492 e. The van der Waals surface area contributed by atoms with E-state index in [4.69, 9.17) is 9.47 Å². The van der Waals surface area contributed by atoms with Crippen LogP contribution in [0.2, 0.25) is 0 Å². The number of hydrogen-bond donors (Lipinski definition) is 3. The monoisotopic (exact) mass is 399 g/mol. The smallest absolute Gasteiger partial charge is 0.412 e. The van der Waals surface area contributed by atoms with Crippen LogP contribution in [0.5, 0.6) is 5.75 Å². The fourth-order valence-corrected chi connectivity index (χ4v) is 3.84. The molecule has 1 fully saturated rings. The highest BCUT2D eigenvalue weighted by Crippen LogP contribution is 2.19. The Hall–Kier alpha value is -1.84. The predicted octanol–water partition coefficient (Wildman–Crippen LogP) is 2.78. The van der Waals surface area contributed by atoms with Crippen molar-refractivity contribution >= 4 is 22.0 Å². The maximum atomic E-state index is 11.9. The van der Waals surface area contributed by atoms with Crippen LogP contribution in [0.1, 0.15) is 46.5 Å². The van der Waals surface area contributed by atoms with Crippen molar-refractivity contribution in [1.82, 2.24) is 9.44 Å². The molecule has 0 spiro atoms. The summed E-state index contributed by atoms with van der Waals surface area (Å²) in [5, 5.41) is 2.63. The average Bonchev–Trinajstić information content (AvgIpc) is 3.02. The topological polar surface area (TPSA) is 106 Å². The minimum Gasteiger partial charge on any atom is -0.492 e. The standard InChI is InChI=1S/C18H29N3O5S/c1-18(2,3)26-17(22)20-15-9-6-10-16(13-15)25-12-11-19-27(23,24)21-14-7-4-5-8-14/h6,9-10,13-14,19,21H,4-5,7-8,11-12H2,1-3H3,(H,20,22). The Balaban J connectivity index is 1.75. The molecule has 1 aliphatic carbocycles. The second-order valence-corrected chi connectivity index (χ2v) is 9.03. The van der Waals surface area contributed by atoms with Crippen molar-refractivity contribution in [1.29, 1.82) is 0 Å². The molecule has 9 heteroatoms. The third-order valence-electron chi connectivity index (χ3n) is 3.82. The molecule has 0 saturated heterocycles. The molecule has 0 aromatic heterocycles. The lowest BCUT2D eigenvalue weighted by Gasteiger charge is -2.19. The summed E-state index contributed by atoms with van der Waals surface area (Å²) in [4.78, 5) is 11.8. The van der Waals surface area contributed by atoms with Crippen LogP contribution in [0.3, 0.4) is 0 Å². The summed E-state index contributed by atoms with van der Waals surface area (Å²) < 4.78 is 39.8. The van der Waals surface area contributed by atoms with Gasteiger partial charge in [0.25, 0.3) is 10.2 Å². The van der Waals surface area contributed by atoms with E-state index in [-0.39, 0.29) is 19.2 Å². The van der Waals surface area contributed by atoms with Crippen molar-refractivity contribution in [2.24, 2.45) is 0 Å². The zero-order valence-electron chi connectivity index (χ0n) is 16.1. The highest BCUT2D eigenvalue weighted by Gasteiger charge is 2.20. The van der Waals surface area contributed by atoms with Gasteiger partial charge in [0, 0.05) is 24.3 Å². The molecule has 152 valence electrons. The Kier molecular flexibility index (Phi) is 7.46. The van der Waals surface area contributed by atoms with Crippen LogP contribution in [0.25, 0.3) is 0 Å². The van der Waals surface area contributed by atoms with E-state index in [9.17, 15) is 13.2 Å². The zero-order chi connectivity index (χ0) is 19.9. The van der Waals surface area contributed by atoms with E-state index in [0.717, 1.165) is 25.7 Å². The number of benzene rings is 1.